The molecule has 1 aromatic carbocycles. The summed E-state index contributed by atoms with van der Waals surface area (Å²) in [5.41, 5.74) is 1.02. The summed E-state index contributed by atoms with van der Waals surface area (Å²) in [4.78, 5) is 0. The summed E-state index contributed by atoms with van der Waals surface area (Å²) in [7, 11) is 0. The highest BCUT2D eigenvalue weighted by Gasteiger charge is 2.22. The second-order valence-electron chi connectivity index (χ2n) is 4.57. The van der Waals surface area contributed by atoms with Crippen LogP contribution in [0.1, 0.15) is 31.2 Å². The van der Waals surface area contributed by atoms with E-state index in [0.717, 1.165) is 24.8 Å². The zero-order valence-electron chi connectivity index (χ0n) is 9.63. The summed E-state index contributed by atoms with van der Waals surface area (Å²) < 4.78 is 0. The van der Waals surface area contributed by atoms with Crippen molar-refractivity contribution >= 4 is 23.2 Å². The number of benzene rings is 1. The molecular weight excluding hydrogens is 257 g/mol. The molecule has 1 saturated carbocycles. The summed E-state index contributed by atoms with van der Waals surface area (Å²) in [6, 6.07) is 5.70. The standard InChI is InChI=1S/C13H17Cl2NO/c14-10-6-5-9(11(15)7-10)8-16-12-3-1-2-4-13(12)17/h5-7,12-13,16-17H,1-4,8H2. The molecule has 0 aromatic heterocycles. The predicted octanol–water partition coefficient (Wildman–Crippen LogP) is 3.39. The molecule has 1 aliphatic rings. The van der Waals surface area contributed by atoms with Crippen molar-refractivity contribution in [1.82, 2.24) is 5.32 Å². The van der Waals surface area contributed by atoms with Crippen molar-refractivity contribution < 1.29 is 5.11 Å². The van der Waals surface area contributed by atoms with Gasteiger partial charge in [0.25, 0.3) is 0 Å². The van der Waals surface area contributed by atoms with Crippen LogP contribution >= 0.6 is 23.2 Å². The summed E-state index contributed by atoms with van der Waals surface area (Å²) >= 11 is 11.9. The minimum atomic E-state index is -0.227. The molecule has 1 fully saturated rings. The molecule has 0 saturated heterocycles. The van der Waals surface area contributed by atoms with Crippen LogP contribution < -0.4 is 5.32 Å². The van der Waals surface area contributed by atoms with E-state index in [9.17, 15) is 5.11 Å². The normalized spacial score (nSPS) is 24.9. The van der Waals surface area contributed by atoms with Gasteiger partial charge in [-0.1, -0.05) is 42.1 Å². The van der Waals surface area contributed by atoms with Crippen LogP contribution in [0.15, 0.2) is 18.2 Å². The second-order valence-corrected chi connectivity index (χ2v) is 5.42. The Morgan fingerprint density at radius 3 is 2.71 bits per heavy atom. The van der Waals surface area contributed by atoms with E-state index < -0.39 is 0 Å². The Morgan fingerprint density at radius 2 is 2.00 bits per heavy atom. The first-order chi connectivity index (χ1) is 8.16. The van der Waals surface area contributed by atoms with Gasteiger partial charge >= 0.3 is 0 Å². The Labute approximate surface area is 112 Å². The quantitative estimate of drug-likeness (QED) is 0.885. The van der Waals surface area contributed by atoms with Crippen molar-refractivity contribution in [3.8, 4) is 0 Å². The molecule has 2 nitrogen and oxygen atoms in total. The maximum Gasteiger partial charge on any atom is 0.0693 e. The first-order valence-corrected chi connectivity index (χ1v) is 6.78. The van der Waals surface area contributed by atoms with Crippen LogP contribution in [0.2, 0.25) is 10.0 Å². The minimum absolute atomic E-state index is 0.190. The molecule has 4 heteroatoms. The van der Waals surface area contributed by atoms with Gasteiger partial charge in [-0.2, -0.15) is 0 Å². The summed E-state index contributed by atoms with van der Waals surface area (Å²) in [5, 5.41) is 14.5. The Balaban J connectivity index is 1.92. The van der Waals surface area contributed by atoms with Gasteiger partial charge < -0.3 is 10.4 Å². The van der Waals surface area contributed by atoms with Crippen molar-refractivity contribution in [2.75, 3.05) is 0 Å². The first-order valence-electron chi connectivity index (χ1n) is 6.02. The van der Waals surface area contributed by atoms with Gasteiger partial charge in [-0.3, -0.25) is 0 Å². The monoisotopic (exact) mass is 273 g/mol. The van der Waals surface area contributed by atoms with Crippen LogP contribution in [0.4, 0.5) is 0 Å². The van der Waals surface area contributed by atoms with Crippen molar-refractivity contribution in [3.05, 3.63) is 33.8 Å². The Hall–Kier alpha value is -0.280. The van der Waals surface area contributed by atoms with Crippen LogP contribution in [0, 0.1) is 0 Å². The van der Waals surface area contributed by atoms with Gasteiger partial charge in [0.2, 0.25) is 0 Å². The highest BCUT2D eigenvalue weighted by atomic mass is 35.5. The van der Waals surface area contributed by atoms with Crippen LogP contribution in [0.3, 0.4) is 0 Å². The second kappa shape index (κ2) is 6.05. The van der Waals surface area contributed by atoms with Crippen molar-refractivity contribution in [3.63, 3.8) is 0 Å². The molecule has 2 unspecified atom stereocenters. The van der Waals surface area contributed by atoms with Gasteiger partial charge in [0.05, 0.1) is 6.10 Å². The molecule has 2 N–H and O–H groups in total. The van der Waals surface area contributed by atoms with Crippen LogP contribution in [-0.4, -0.2) is 17.3 Å². The lowest BCUT2D eigenvalue weighted by Gasteiger charge is -2.28. The van der Waals surface area contributed by atoms with Crippen LogP contribution in [0.5, 0.6) is 0 Å². The van der Waals surface area contributed by atoms with E-state index in [1.165, 1.54) is 6.42 Å². The number of nitrogens with one attached hydrogen (secondary N) is 1. The van der Waals surface area contributed by atoms with Gasteiger partial charge in [0.15, 0.2) is 0 Å². The van der Waals surface area contributed by atoms with Crippen molar-refractivity contribution in [2.45, 2.75) is 44.4 Å². The van der Waals surface area contributed by atoms with Crippen LogP contribution in [-0.2, 0) is 6.54 Å². The fourth-order valence-corrected chi connectivity index (χ4v) is 2.73. The fourth-order valence-electron chi connectivity index (χ4n) is 2.26. The van der Waals surface area contributed by atoms with Crippen molar-refractivity contribution in [2.24, 2.45) is 0 Å². The molecule has 2 atom stereocenters. The molecule has 0 radical (unpaired) electrons. The topological polar surface area (TPSA) is 32.3 Å². The highest BCUT2D eigenvalue weighted by Crippen LogP contribution is 2.22. The molecule has 1 aliphatic carbocycles. The Morgan fingerprint density at radius 1 is 1.24 bits per heavy atom. The van der Waals surface area contributed by atoms with E-state index in [1.807, 2.05) is 12.1 Å². The van der Waals surface area contributed by atoms with E-state index in [1.54, 1.807) is 6.07 Å². The van der Waals surface area contributed by atoms with E-state index in [-0.39, 0.29) is 12.1 Å². The smallest absolute Gasteiger partial charge is 0.0693 e. The fraction of sp³-hybridized carbons (Fsp3) is 0.538. The van der Waals surface area contributed by atoms with Crippen molar-refractivity contribution in [1.29, 1.82) is 0 Å². The third-order valence-electron chi connectivity index (χ3n) is 3.30. The number of halogens is 2. The van der Waals surface area contributed by atoms with Crippen LogP contribution in [0.25, 0.3) is 0 Å². The Kier molecular flexibility index (Phi) is 4.69. The largest absolute Gasteiger partial charge is 0.392 e. The molecule has 17 heavy (non-hydrogen) atoms. The van der Waals surface area contributed by atoms with E-state index >= 15 is 0 Å². The Bertz CT molecular complexity index is 384. The number of hydrogen-bond donors (Lipinski definition) is 2. The van der Waals surface area contributed by atoms with Gasteiger partial charge in [-0.25, -0.2) is 0 Å². The first kappa shape index (κ1) is 13.2. The highest BCUT2D eigenvalue weighted by molar-refractivity contribution is 6.35. The van der Waals surface area contributed by atoms with E-state index in [0.29, 0.717) is 16.6 Å². The average molecular weight is 274 g/mol. The molecule has 2 rings (SSSR count). The molecule has 94 valence electrons. The lowest BCUT2D eigenvalue weighted by Crippen LogP contribution is -2.41. The lowest BCUT2D eigenvalue weighted by atomic mass is 9.92. The van der Waals surface area contributed by atoms with E-state index in [4.69, 9.17) is 23.2 Å². The zero-order chi connectivity index (χ0) is 12.3. The number of hydrogen-bond acceptors (Lipinski definition) is 2. The molecule has 0 amide bonds. The third kappa shape index (κ3) is 3.59. The average Bonchev–Trinajstić information content (AvgIpc) is 2.30. The summed E-state index contributed by atoms with van der Waals surface area (Å²) in [6.45, 7) is 0.678. The van der Waals surface area contributed by atoms with Gasteiger partial charge in [-0.15, -0.1) is 0 Å². The number of aliphatic hydroxyl groups is 1. The SMILES string of the molecule is OC1CCCCC1NCc1ccc(Cl)cc1Cl. The van der Waals surface area contributed by atoms with Gasteiger partial charge in [0.1, 0.15) is 0 Å². The molecule has 0 bridgehead atoms. The van der Waals surface area contributed by atoms with E-state index in [2.05, 4.69) is 5.32 Å². The minimum Gasteiger partial charge on any atom is -0.392 e. The summed E-state index contributed by atoms with van der Waals surface area (Å²) in [5.74, 6) is 0. The van der Waals surface area contributed by atoms with Gasteiger partial charge in [-0.05, 0) is 30.5 Å². The summed E-state index contributed by atoms with van der Waals surface area (Å²) in [6.07, 6.45) is 4.01. The molecule has 0 spiro atoms. The third-order valence-corrected chi connectivity index (χ3v) is 3.89. The molecular formula is C13H17Cl2NO. The molecule has 0 heterocycles. The molecule has 1 aromatic rings. The van der Waals surface area contributed by atoms with Gasteiger partial charge in [0, 0.05) is 22.6 Å². The predicted molar refractivity (Wildman–Crippen MR) is 71.6 cm³/mol. The maximum atomic E-state index is 9.84. The molecule has 0 aliphatic heterocycles. The lowest BCUT2D eigenvalue weighted by molar-refractivity contribution is 0.0902. The maximum absolute atomic E-state index is 9.84. The number of aliphatic hydroxyl groups excluding tert-OH is 1. The number of rotatable bonds is 3. The zero-order valence-corrected chi connectivity index (χ0v) is 11.1.